The van der Waals surface area contributed by atoms with E-state index < -0.39 is 0 Å². The van der Waals surface area contributed by atoms with Crippen LogP contribution in [0.5, 0.6) is 5.75 Å². The minimum atomic E-state index is 0.0333. The van der Waals surface area contributed by atoms with Crippen LogP contribution in [0.25, 0.3) is 6.08 Å². The van der Waals surface area contributed by atoms with Crippen LogP contribution in [0.15, 0.2) is 61.2 Å². The predicted octanol–water partition coefficient (Wildman–Crippen LogP) is 4.65. The second-order valence-corrected chi connectivity index (χ2v) is 5.30. The Morgan fingerprint density at radius 1 is 1.14 bits per heavy atom. The summed E-state index contributed by atoms with van der Waals surface area (Å²) in [6.45, 7) is 4.32. The Bertz CT molecular complexity index is 645. The molecule has 2 nitrogen and oxygen atoms in total. The fraction of sp³-hybridized carbons (Fsp3) is 0.158. The number of allylic oxidation sites excluding steroid dienone is 1. The lowest BCUT2D eigenvalue weighted by molar-refractivity contribution is 0.303. The van der Waals surface area contributed by atoms with Gasteiger partial charge in [-0.05, 0) is 47.4 Å². The maximum atomic E-state index is 8.85. The summed E-state index contributed by atoms with van der Waals surface area (Å²) in [5, 5.41) is 9.57. The number of hydrogen-bond donors (Lipinski definition) is 1. The van der Waals surface area contributed by atoms with E-state index in [1.807, 2.05) is 54.6 Å². The van der Waals surface area contributed by atoms with Gasteiger partial charge in [0.15, 0.2) is 0 Å². The van der Waals surface area contributed by atoms with Crippen molar-refractivity contribution in [3.63, 3.8) is 0 Å². The second kappa shape index (κ2) is 8.42. The van der Waals surface area contributed by atoms with E-state index in [0.29, 0.717) is 6.61 Å². The molecule has 0 atom stereocenters. The number of ether oxygens (including phenoxy) is 1. The Balaban J connectivity index is 2.13. The van der Waals surface area contributed by atoms with Crippen LogP contribution in [0, 0.1) is 0 Å². The Hall–Kier alpha value is -2.03. The van der Waals surface area contributed by atoms with Crippen LogP contribution in [-0.2, 0) is 13.0 Å². The van der Waals surface area contributed by atoms with Gasteiger partial charge in [0.1, 0.15) is 12.4 Å². The van der Waals surface area contributed by atoms with E-state index in [-0.39, 0.29) is 6.61 Å². The van der Waals surface area contributed by atoms with E-state index in [4.69, 9.17) is 21.4 Å². The molecule has 0 saturated heterocycles. The molecule has 0 aliphatic carbocycles. The zero-order valence-electron chi connectivity index (χ0n) is 12.3. The van der Waals surface area contributed by atoms with E-state index in [9.17, 15) is 0 Å². The largest absolute Gasteiger partial charge is 0.489 e. The average molecular weight is 315 g/mol. The van der Waals surface area contributed by atoms with Gasteiger partial charge in [0.05, 0.1) is 6.61 Å². The molecule has 114 valence electrons. The van der Waals surface area contributed by atoms with Crippen LogP contribution in [0.4, 0.5) is 0 Å². The van der Waals surface area contributed by atoms with Crippen molar-refractivity contribution in [3.05, 3.63) is 82.9 Å². The molecule has 0 heterocycles. The van der Waals surface area contributed by atoms with Crippen molar-refractivity contribution in [1.29, 1.82) is 0 Å². The predicted molar refractivity (Wildman–Crippen MR) is 92.2 cm³/mol. The summed E-state index contributed by atoms with van der Waals surface area (Å²) < 4.78 is 5.91. The van der Waals surface area contributed by atoms with Crippen molar-refractivity contribution < 1.29 is 9.84 Å². The van der Waals surface area contributed by atoms with Crippen molar-refractivity contribution in [2.24, 2.45) is 0 Å². The van der Waals surface area contributed by atoms with E-state index in [2.05, 4.69) is 6.58 Å². The van der Waals surface area contributed by atoms with Gasteiger partial charge >= 0.3 is 0 Å². The normalized spacial score (nSPS) is 10.8. The van der Waals surface area contributed by atoms with Crippen LogP contribution in [0.1, 0.15) is 16.7 Å². The van der Waals surface area contributed by atoms with Crippen molar-refractivity contribution in [3.8, 4) is 5.75 Å². The zero-order chi connectivity index (χ0) is 15.8. The van der Waals surface area contributed by atoms with Gasteiger partial charge in [0.25, 0.3) is 0 Å². The molecule has 2 aromatic rings. The van der Waals surface area contributed by atoms with Crippen molar-refractivity contribution in [1.82, 2.24) is 0 Å². The minimum Gasteiger partial charge on any atom is -0.489 e. The molecule has 2 aromatic carbocycles. The number of hydrogen-bond acceptors (Lipinski definition) is 2. The molecule has 1 N–H and O–H groups in total. The molecule has 3 heteroatoms. The van der Waals surface area contributed by atoms with Crippen LogP contribution in [0.3, 0.4) is 0 Å². The van der Waals surface area contributed by atoms with Gasteiger partial charge in [0, 0.05) is 5.02 Å². The molecule has 0 aliphatic heterocycles. The lowest BCUT2D eigenvalue weighted by atomic mass is 10.1. The second-order valence-electron chi connectivity index (χ2n) is 4.86. The van der Waals surface area contributed by atoms with Gasteiger partial charge in [-0.2, -0.15) is 0 Å². The molecule has 0 radical (unpaired) electrons. The first kappa shape index (κ1) is 16.3. The molecule has 22 heavy (non-hydrogen) atoms. The van der Waals surface area contributed by atoms with Gasteiger partial charge in [-0.15, -0.1) is 6.58 Å². The highest BCUT2D eigenvalue weighted by atomic mass is 35.5. The Morgan fingerprint density at radius 3 is 2.59 bits per heavy atom. The van der Waals surface area contributed by atoms with Gasteiger partial charge < -0.3 is 9.84 Å². The Kier molecular flexibility index (Phi) is 6.26. The highest BCUT2D eigenvalue weighted by Crippen LogP contribution is 2.23. The summed E-state index contributed by atoms with van der Waals surface area (Å²) in [4.78, 5) is 0. The molecule has 0 bridgehead atoms. The van der Waals surface area contributed by atoms with Crippen molar-refractivity contribution >= 4 is 17.7 Å². The van der Waals surface area contributed by atoms with E-state index >= 15 is 0 Å². The number of benzene rings is 2. The minimum absolute atomic E-state index is 0.0333. The smallest absolute Gasteiger partial charge is 0.123 e. The van der Waals surface area contributed by atoms with E-state index in [1.165, 1.54) is 0 Å². The monoisotopic (exact) mass is 314 g/mol. The molecular weight excluding hydrogens is 296 g/mol. The van der Waals surface area contributed by atoms with Gasteiger partial charge in [-0.25, -0.2) is 0 Å². The molecule has 0 aliphatic rings. The summed E-state index contributed by atoms with van der Waals surface area (Å²) in [6, 6.07) is 13.6. The first-order chi connectivity index (χ1) is 10.7. The topological polar surface area (TPSA) is 29.5 Å². The standard InChI is InChI=1S/C19H19ClO2/c1-2-4-17-13-15(5-3-12-21)8-11-19(17)22-14-16-6-9-18(20)10-7-16/h2-3,5-11,13,21H,1,4,12,14H2/b5-3+. The quantitative estimate of drug-likeness (QED) is 0.754. The SMILES string of the molecule is C=CCc1cc(/C=C/CO)ccc1OCc1ccc(Cl)cc1. The molecule has 2 rings (SSSR count). The van der Waals surface area contributed by atoms with E-state index in [1.54, 1.807) is 6.08 Å². The fourth-order valence-electron chi connectivity index (χ4n) is 2.09. The van der Waals surface area contributed by atoms with E-state index in [0.717, 1.165) is 33.9 Å². The number of aliphatic hydroxyl groups excluding tert-OH is 1. The highest BCUT2D eigenvalue weighted by Gasteiger charge is 2.04. The van der Waals surface area contributed by atoms with Gasteiger partial charge in [-0.3, -0.25) is 0 Å². The van der Waals surface area contributed by atoms with Crippen LogP contribution >= 0.6 is 11.6 Å². The number of rotatable bonds is 7. The maximum absolute atomic E-state index is 8.85. The molecule has 0 amide bonds. The van der Waals surface area contributed by atoms with Gasteiger partial charge in [0.2, 0.25) is 0 Å². The molecule has 0 aromatic heterocycles. The molecular formula is C19H19ClO2. The zero-order valence-corrected chi connectivity index (χ0v) is 13.1. The van der Waals surface area contributed by atoms with Crippen LogP contribution in [-0.4, -0.2) is 11.7 Å². The molecule has 0 saturated carbocycles. The first-order valence-corrected chi connectivity index (χ1v) is 7.49. The lowest BCUT2D eigenvalue weighted by Crippen LogP contribution is -1.98. The lowest BCUT2D eigenvalue weighted by Gasteiger charge is -2.12. The average Bonchev–Trinajstić information content (AvgIpc) is 2.54. The van der Waals surface area contributed by atoms with Crippen LogP contribution in [0.2, 0.25) is 5.02 Å². The Labute approximate surface area is 136 Å². The number of halogens is 1. The number of aliphatic hydroxyl groups is 1. The van der Waals surface area contributed by atoms with Crippen molar-refractivity contribution in [2.45, 2.75) is 13.0 Å². The molecule has 0 unspecified atom stereocenters. The summed E-state index contributed by atoms with van der Waals surface area (Å²) >= 11 is 5.88. The third kappa shape index (κ3) is 4.76. The third-order valence-electron chi connectivity index (χ3n) is 3.17. The highest BCUT2D eigenvalue weighted by molar-refractivity contribution is 6.30. The summed E-state index contributed by atoms with van der Waals surface area (Å²) in [5.74, 6) is 0.844. The summed E-state index contributed by atoms with van der Waals surface area (Å²) in [7, 11) is 0. The third-order valence-corrected chi connectivity index (χ3v) is 3.42. The van der Waals surface area contributed by atoms with Crippen LogP contribution < -0.4 is 4.74 Å². The van der Waals surface area contributed by atoms with Gasteiger partial charge in [-0.1, -0.05) is 48.0 Å². The fourth-order valence-corrected chi connectivity index (χ4v) is 2.22. The molecule has 0 spiro atoms. The Morgan fingerprint density at radius 2 is 1.91 bits per heavy atom. The summed E-state index contributed by atoms with van der Waals surface area (Å²) in [6.07, 6.45) is 6.18. The van der Waals surface area contributed by atoms with Crippen molar-refractivity contribution in [2.75, 3.05) is 6.61 Å². The molecule has 0 fully saturated rings. The first-order valence-electron chi connectivity index (χ1n) is 7.11. The maximum Gasteiger partial charge on any atom is 0.123 e. The summed E-state index contributed by atoms with van der Waals surface area (Å²) in [5.41, 5.74) is 3.17.